The molecular weight excluding hydrogens is 500 g/mol. The van der Waals surface area contributed by atoms with E-state index in [9.17, 15) is 0 Å². The van der Waals surface area contributed by atoms with E-state index in [1.54, 1.807) is 0 Å². The van der Waals surface area contributed by atoms with Crippen molar-refractivity contribution in [3.05, 3.63) is 121 Å². The fourth-order valence-electron chi connectivity index (χ4n) is 7.31. The minimum atomic E-state index is 0.707. The van der Waals surface area contributed by atoms with Gasteiger partial charge in [-0.25, -0.2) is 9.97 Å². The summed E-state index contributed by atoms with van der Waals surface area (Å²) in [6.07, 6.45) is 0. The Kier molecular flexibility index (Phi) is 3.84. The Hall–Kier alpha value is -5.48. The van der Waals surface area contributed by atoms with Crippen LogP contribution in [0.3, 0.4) is 0 Å². The van der Waals surface area contributed by atoms with Gasteiger partial charge in [0, 0.05) is 37.7 Å². The van der Waals surface area contributed by atoms with Crippen molar-refractivity contribution in [1.29, 1.82) is 0 Å². The van der Waals surface area contributed by atoms with Crippen molar-refractivity contribution < 1.29 is 0 Å². The van der Waals surface area contributed by atoms with E-state index in [1.807, 2.05) is 6.07 Å². The summed E-state index contributed by atoms with van der Waals surface area (Å²) in [5.74, 6) is 0.707. The molecule has 0 fully saturated rings. The highest BCUT2D eigenvalue weighted by Gasteiger charge is 2.25. The van der Waals surface area contributed by atoms with Gasteiger partial charge in [-0.2, -0.15) is 0 Å². The van der Waals surface area contributed by atoms with Crippen LogP contribution in [0.15, 0.2) is 115 Å². The molecule has 0 N–H and O–H groups in total. The van der Waals surface area contributed by atoms with Crippen molar-refractivity contribution >= 4 is 81.6 Å². The Balaban J connectivity index is 1.55. The summed E-state index contributed by atoms with van der Waals surface area (Å²) in [5.41, 5.74) is 7.94. The number of hydrogen-bond acceptors (Lipinski definition) is 2. The largest absolute Gasteiger partial charge is 0.308 e. The highest BCUT2D eigenvalue weighted by molar-refractivity contribution is 6.38. The third kappa shape index (κ3) is 2.56. The number of benzene rings is 6. The molecule has 0 amide bonds. The van der Waals surface area contributed by atoms with Crippen LogP contribution in [0.4, 0.5) is 0 Å². The first kappa shape index (κ1) is 21.4. The van der Waals surface area contributed by atoms with Crippen LogP contribution in [0.1, 0.15) is 5.69 Å². The molecule has 10 aromatic rings. The van der Waals surface area contributed by atoms with Crippen molar-refractivity contribution in [3.8, 4) is 5.95 Å². The van der Waals surface area contributed by atoms with Crippen LogP contribution in [0.25, 0.3) is 87.5 Å². The zero-order valence-electron chi connectivity index (χ0n) is 22.3. The van der Waals surface area contributed by atoms with Gasteiger partial charge in [0.15, 0.2) is 0 Å². The molecule has 0 saturated heterocycles. The minimum absolute atomic E-state index is 0.707. The first-order valence-corrected chi connectivity index (χ1v) is 14.0. The quantitative estimate of drug-likeness (QED) is 0.215. The van der Waals surface area contributed by atoms with Crippen molar-refractivity contribution in [1.82, 2.24) is 18.9 Å². The lowest BCUT2D eigenvalue weighted by Gasteiger charge is -2.10. The smallest absolute Gasteiger partial charge is 0.235 e. The number of fused-ring (bicyclic) bond motifs is 13. The predicted molar refractivity (Wildman–Crippen MR) is 171 cm³/mol. The van der Waals surface area contributed by atoms with Crippen LogP contribution < -0.4 is 0 Å². The van der Waals surface area contributed by atoms with Gasteiger partial charge < -0.3 is 4.40 Å². The summed E-state index contributed by atoms with van der Waals surface area (Å²) >= 11 is 0. The predicted octanol–water partition coefficient (Wildman–Crippen LogP) is 9.34. The second-order valence-corrected chi connectivity index (χ2v) is 11.1. The second-order valence-electron chi connectivity index (χ2n) is 11.1. The molecule has 4 heteroatoms. The van der Waals surface area contributed by atoms with Crippen molar-refractivity contribution in [2.45, 2.75) is 6.92 Å². The number of para-hydroxylation sites is 3. The standard InChI is InChI=1S/C37H22N4/c1-21-23-11-4-7-15-28(23)39-37(38-21)41-31-19-18-22-10-2-3-12-24(22)33(31)35-32(41)20-27-25-13-5-8-16-29(25)40-30-17-9-6-14-26(30)34(35)36(27)40/h2-20H,1H3. The van der Waals surface area contributed by atoms with Crippen LogP contribution in [0.2, 0.25) is 0 Å². The lowest BCUT2D eigenvalue weighted by molar-refractivity contribution is 0.990. The molecule has 0 aliphatic heterocycles. The molecule has 0 bridgehead atoms. The third-order valence-electron chi connectivity index (χ3n) is 8.97. The first-order valence-electron chi connectivity index (χ1n) is 14.0. The molecular formula is C37H22N4. The van der Waals surface area contributed by atoms with Crippen LogP contribution in [0, 0.1) is 6.92 Å². The Bertz CT molecular complexity index is 2710. The first-order chi connectivity index (χ1) is 20.3. The maximum absolute atomic E-state index is 5.15. The van der Waals surface area contributed by atoms with Crippen molar-refractivity contribution in [2.75, 3.05) is 0 Å². The van der Waals surface area contributed by atoms with Gasteiger partial charge in [-0.15, -0.1) is 0 Å². The van der Waals surface area contributed by atoms with Crippen LogP contribution in [-0.4, -0.2) is 18.9 Å². The summed E-state index contributed by atoms with van der Waals surface area (Å²) in [5, 5.41) is 11.1. The molecule has 10 rings (SSSR count). The Morgan fingerprint density at radius 3 is 2.02 bits per heavy atom. The van der Waals surface area contributed by atoms with Crippen molar-refractivity contribution in [2.24, 2.45) is 0 Å². The molecule has 0 radical (unpaired) electrons. The fourth-order valence-corrected chi connectivity index (χ4v) is 7.31. The lowest BCUT2D eigenvalue weighted by atomic mass is 9.99. The second kappa shape index (κ2) is 7.38. The SMILES string of the molecule is Cc1nc(-n2c3ccc4ccccc4c3c3c4c5ccccc5n5c6ccccc6c(cc32)c45)nc2ccccc12. The third-order valence-corrected chi connectivity index (χ3v) is 8.97. The molecule has 6 aromatic carbocycles. The molecule has 0 aliphatic rings. The van der Waals surface area contributed by atoms with Gasteiger partial charge in [0.1, 0.15) is 0 Å². The van der Waals surface area contributed by atoms with Crippen molar-refractivity contribution in [3.63, 3.8) is 0 Å². The molecule has 0 spiro atoms. The monoisotopic (exact) mass is 522 g/mol. The van der Waals surface area contributed by atoms with Gasteiger partial charge in [-0.05, 0) is 48.0 Å². The van der Waals surface area contributed by atoms with Gasteiger partial charge in [0.05, 0.1) is 38.8 Å². The van der Waals surface area contributed by atoms with Gasteiger partial charge in [0.2, 0.25) is 5.95 Å². The lowest BCUT2D eigenvalue weighted by Crippen LogP contribution is -2.03. The van der Waals surface area contributed by atoms with E-state index in [0.717, 1.165) is 27.6 Å². The van der Waals surface area contributed by atoms with E-state index in [2.05, 4.69) is 125 Å². The molecule has 4 heterocycles. The Labute approximate surface area is 234 Å². The van der Waals surface area contributed by atoms with Gasteiger partial charge in [-0.1, -0.05) is 84.9 Å². The highest BCUT2D eigenvalue weighted by Crippen LogP contribution is 2.47. The highest BCUT2D eigenvalue weighted by atomic mass is 15.2. The normalized spacial score (nSPS) is 12.5. The Morgan fingerprint density at radius 2 is 1.17 bits per heavy atom. The Morgan fingerprint density at radius 1 is 0.488 bits per heavy atom. The average Bonchev–Trinajstić information content (AvgIpc) is 3.65. The van der Waals surface area contributed by atoms with Crippen LogP contribution in [0.5, 0.6) is 0 Å². The van der Waals surface area contributed by atoms with Gasteiger partial charge >= 0.3 is 0 Å². The average molecular weight is 523 g/mol. The van der Waals surface area contributed by atoms with E-state index in [1.165, 1.54) is 59.6 Å². The summed E-state index contributed by atoms with van der Waals surface area (Å²) in [7, 11) is 0. The zero-order chi connectivity index (χ0) is 26.8. The molecule has 0 aliphatic carbocycles. The fraction of sp³-hybridized carbons (Fsp3) is 0.0270. The van der Waals surface area contributed by atoms with E-state index < -0.39 is 0 Å². The number of nitrogens with zero attached hydrogens (tertiary/aromatic N) is 4. The maximum Gasteiger partial charge on any atom is 0.235 e. The van der Waals surface area contributed by atoms with Crippen LogP contribution in [-0.2, 0) is 0 Å². The number of aromatic nitrogens is 4. The van der Waals surface area contributed by atoms with E-state index in [-0.39, 0.29) is 0 Å². The minimum Gasteiger partial charge on any atom is -0.308 e. The topological polar surface area (TPSA) is 35.1 Å². The molecule has 0 unspecified atom stereocenters. The van der Waals surface area contributed by atoms with Crippen LogP contribution >= 0.6 is 0 Å². The summed E-state index contributed by atoms with van der Waals surface area (Å²) < 4.78 is 4.75. The molecule has 4 nitrogen and oxygen atoms in total. The van der Waals surface area contributed by atoms with E-state index >= 15 is 0 Å². The molecule has 0 atom stereocenters. The van der Waals surface area contributed by atoms with Gasteiger partial charge in [0.25, 0.3) is 0 Å². The molecule has 0 saturated carbocycles. The summed E-state index contributed by atoms with van der Waals surface area (Å²) in [6, 6.07) is 41.4. The van der Waals surface area contributed by atoms with Gasteiger partial charge in [-0.3, -0.25) is 4.57 Å². The maximum atomic E-state index is 5.15. The summed E-state index contributed by atoms with van der Waals surface area (Å²) in [6.45, 7) is 2.08. The van der Waals surface area contributed by atoms with E-state index in [0.29, 0.717) is 5.95 Å². The number of hydrogen-bond donors (Lipinski definition) is 0. The molecule has 4 aromatic heterocycles. The number of rotatable bonds is 1. The number of aryl methyl sites for hydroxylation is 1. The molecule has 190 valence electrons. The molecule has 41 heavy (non-hydrogen) atoms. The van der Waals surface area contributed by atoms with E-state index in [4.69, 9.17) is 9.97 Å². The zero-order valence-corrected chi connectivity index (χ0v) is 22.3. The summed E-state index contributed by atoms with van der Waals surface area (Å²) in [4.78, 5) is 10.3.